The van der Waals surface area contributed by atoms with Crippen LogP contribution >= 0.6 is 0 Å². The van der Waals surface area contributed by atoms with Crippen LogP contribution in [0.15, 0.2) is 0 Å². The fourth-order valence-electron chi connectivity index (χ4n) is 2.48. The van der Waals surface area contributed by atoms with Gasteiger partial charge < -0.3 is 40.0 Å². The number of hydrogen-bond acceptors (Lipinski definition) is 9. The summed E-state index contributed by atoms with van der Waals surface area (Å²) in [5.74, 6) is -2.58. The Morgan fingerprint density at radius 1 is 0.676 bits per heavy atom. The molecule has 0 aliphatic rings. The highest BCUT2D eigenvalue weighted by Crippen LogP contribution is 2.01. The van der Waals surface area contributed by atoms with Gasteiger partial charge in [-0.05, 0) is 6.42 Å². The van der Waals surface area contributed by atoms with Crippen molar-refractivity contribution in [3.63, 3.8) is 0 Å². The molecule has 0 spiro atoms. The molecular weight excluding hydrogens is 490 g/mol. The highest BCUT2D eigenvalue weighted by Gasteiger charge is 2.22. The number of nitrogens with one attached hydrogen (secondary N) is 3. The van der Waals surface area contributed by atoms with E-state index in [9.17, 15) is 24.0 Å². The molecule has 0 aromatic carbocycles. The Morgan fingerprint density at radius 2 is 1.19 bits per heavy atom. The van der Waals surface area contributed by atoms with Gasteiger partial charge in [0.15, 0.2) is 5.78 Å². The first kappa shape index (κ1) is 34.4. The zero-order valence-corrected chi connectivity index (χ0v) is 22.3. The van der Waals surface area contributed by atoms with Gasteiger partial charge in [-0.2, -0.15) is 0 Å². The Hall–Kier alpha value is -2.61. The standard InChI is InChI=1S/C24H43N3O10/c1-17(2)20(28)15-36-13-11-35-10-8-26-22(30)16-37-14-12-34-9-7-25-21(29)6-5-19(24(32)33)27-23(31)18(3)4/h17-19H,5-16H2,1-4H3,(H,25,29)(H,26,30)(H,27,31)(H,32,33)/t19-/m0/s1. The summed E-state index contributed by atoms with van der Waals surface area (Å²) in [6.07, 6.45) is -0.0662. The maximum atomic E-state index is 11.9. The number of Topliss-reactive ketones (excluding diaryl/α,β-unsaturated/α-hetero) is 1. The van der Waals surface area contributed by atoms with Crippen molar-refractivity contribution in [2.24, 2.45) is 11.8 Å². The number of ether oxygens (including phenoxy) is 4. The Labute approximate surface area is 218 Å². The van der Waals surface area contributed by atoms with Crippen LogP contribution in [0.25, 0.3) is 0 Å². The first-order valence-corrected chi connectivity index (χ1v) is 12.4. The van der Waals surface area contributed by atoms with E-state index in [1.165, 1.54) is 0 Å². The lowest BCUT2D eigenvalue weighted by molar-refractivity contribution is -0.142. The van der Waals surface area contributed by atoms with E-state index < -0.39 is 12.0 Å². The number of aliphatic carboxylic acids is 1. The minimum absolute atomic E-state index is 0.0163. The van der Waals surface area contributed by atoms with Gasteiger partial charge in [-0.15, -0.1) is 0 Å². The third-order valence-electron chi connectivity index (χ3n) is 4.80. The van der Waals surface area contributed by atoms with Crippen molar-refractivity contribution >= 4 is 29.5 Å². The van der Waals surface area contributed by atoms with Crippen LogP contribution in [0.4, 0.5) is 0 Å². The number of ketones is 1. The average molecular weight is 534 g/mol. The molecule has 0 saturated carbocycles. The molecule has 4 N–H and O–H groups in total. The smallest absolute Gasteiger partial charge is 0.326 e. The summed E-state index contributed by atoms with van der Waals surface area (Å²) in [5, 5.41) is 16.8. The Bertz CT molecular complexity index is 700. The van der Waals surface area contributed by atoms with Crippen molar-refractivity contribution in [2.45, 2.75) is 46.6 Å². The van der Waals surface area contributed by atoms with Gasteiger partial charge in [-0.3, -0.25) is 19.2 Å². The lowest BCUT2D eigenvalue weighted by Crippen LogP contribution is -2.43. The van der Waals surface area contributed by atoms with Crippen molar-refractivity contribution in [1.82, 2.24) is 16.0 Å². The molecule has 0 bridgehead atoms. The molecule has 0 aliphatic carbocycles. The number of rotatable bonds is 23. The summed E-state index contributed by atoms with van der Waals surface area (Å²) in [7, 11) is 0. The van der Waals surface area contributed by atoms with Gasteiger partial charge in [0.1, 0.15) is 19.3 Å². The second kappa shape index (κ2) is 21.5. The van der Waals surface area contributed by atoms with Gasteiger partial charge in [0.2, 0.25) is 17.7 Å². The molecule has 0 fully saturated rings. The molecule has 0 radical (unpaired) electrons. The first-order valence-electron chi connectivity index (χ1n) is 12.4. The van der Waals surface area contributed by atoms with Crippen LogP contribution in [0.2, 0.25) is 0 Å². The molecule has 0 rings (SSSR count). The van der Waals surface area contributed by atoms with Crippen LogP contribution < -0.4 is 16.0 Å². The molecule has 0 aromatic heterocycles. The van der Waals surface area contributed by atoms with E-state index in [4.69, 9.17) is 24.1 Å². The maximum absolute atomic E-state index is 11.9. The van der Waals surface area contributed by atoms with Crippen molar-refractivity contribution in [2.75, 3.05) is 65.9 Å². The zero-order chi connectivity index (χ0) is 28.1. The summed E-state index contributed by atoms with van der Waals surface area (Å²) in [4.78, 5) is 57.8. The lowest BCUT2D eigenvalue weighted by Gasteiger charge is -2.15. The largest absolute Gasteiger partial charge is 0.480 e. The van der Waals surface area contributed by atoms with Gasteiger partial charge in [0.05, 0.1) is 39.6 Å². The van der Waals surface area contributed by atoms with E-state index in [1.54, 1.807) is 13.8 Å². The fraction of sp³-hybridized carbons (Fsp3) is 0.792. The lowest BCUT2D eigenvalue weighted by atomic mass is 10.1. The summed E-state index contributed by atoms with van der Waals surface area (Å²) < 4.78 is 21.0. The number of carbonyl (C=O) groups is 5. The summed E-state index contributed by atoms with van der Waals surface area (Å²) in [6.45, 7) is 9.02. The minimum Gasteiger partial charge on any atom is -0.480 e. The maximum Gasteiger partial charge on any atom is 0.326 e. The van der Waals surface area contributed by atoms with Gasteiger partial charge in [-0.1, -0.05) is 27.7 Å². The Balaban J connectivity index is 3.61. The number of hydrogen-bond donors (Lipinski definition) is 4. The number of carbonyl (C=O) groups excluding carboxylic acids is 4. The third kappa shape index (κ3) is 20.2. The Kier molecular flexibility index (Phi) is 20.0. The van der Waals surface area contributed by atoms with Crippen molar-refractivity contribution in [1.29, 1.82) is 0 Å². The second-order valence-electron chi connectivity index (χ2n) is 8.74. The minimum atomic E-state index is -1.19. The molecule has 0 heterocycles. The zero-order valence-electron chi connectivity index (χ0n) is 22.3. The Morgan fingerprint density at radius 3 is 1.70 bits per heavy atom. The molecule has 0 unspecified atom stereocenters. The number of amides is 3. The van der Waals surface area contributed by atoms with Gasteiger partial charge in [-0.25, -0.2) is 4.79 Å². The predicted molar refractivity (Wildman–Crippen MR) is 133 cm³/mol. The second-order valence-corrected chi connectivity index (χ2v) is 8.74. The van der Waals surface area contributed by atoms with Gasteiger partial charge in [0, 0.05) is 31.3 Å². The molecule has 13 nitrogen and oxygen atoms in total. The van der Waals surface area contributed by atoms with Gasteiger partial charge >= 0.3 is 5.97 Å². The van der Waals surface area contributed by atoms with E-state index in [0.717, 1.165) is 0 Å². The molecular formula is C24H43N3O10. The first-order chi connectivity index (χ1) is 17.5. The molecule has 37 heavy (non-hydrogen) atoms. The highest BCUT2D eigenvalue weighted by molar-refractivity contribution is 5.85. The normalized spacial score (nSPS) is 11.8. The molecule has 13 heteroatoms. The van der Waals surface area contributed by atoms with Crippen molar-refractivity contribution < 1.29 is 48.0 Å². The molecule has 1 atom stereocenters. The van der Waals surface area contributed by atoms with E-state index in [1.807, 2.05) is 13.8 Å². The van der Waals surface area contributed by atoms with Crippen LogP contribution in [0.3, 0.4) is 0 Å². The summed E-state index contributed by atoms with van der Waals surface area (Å²) >= 11 is 0. The van der Waals surface area contributed by atoms with E-state index >= 15 is 0 Å². The highest BCUT2D eigenvalue weighted by atomic mass is 16.5. The molecule has 3 amide bonds. The van der Waals surface area contributed by atoms with Crippen LogP contribution in [-0.4, -0.2) is 107 Å². The monoisotopic (exact) mass is 533 g/mol. The molecule has 0 aliphatic heterocycles. The van der Waals surface area contributed by atoms with E-state index in [2.05, 4.69) is 16.0 Å². The van der Waals surface area contributed by atoms with E-state index in [-0.39, 0.29) is 87.8 Å². The van der Waals surface area contributed by atoms with Crippen LogP contribution in [0, 0.1) is 11.8 Å². The number of carboxylic acids is 1. The van der Waals surface area contributed by atoms with Crippen LogP contribution in [0.1, 0.15) is 40.5 Å². The quantitative estimate of drug-likeness (QED) is 0.125. The van der Waals surface area contributed by atoms with Crippen LogP contribution in [0.5, 0.6) is 0 Å². The summed E-state index contributed by atoms with van der Waals surface area (Å²) in [5.41, 5.74) is 0. The molecule has 0 saturated heterocycles. The number of carboxylic acid groups (broad SMARTS) is 1. The van der Waals surface area contributed by atoms with E-state index in [0.29, 0.717) is 26.4 Å². The average Bonchev–Trinajstić information content (AvgIpc) is 2.84. The van der Waals surface area contributed by atoms with Crippen molar-refractivity contribution in [3.8, 4) is 0 Å². The fourth-order valence-corrected chi connectivity index (χ4v) is 2.48. The van der Waals surface area contributed by atoms with Gasteiger partial charge in [0.25, 0.3) is 0 Å². The summed E-state index contributed by atoms with van der Waals surface area (Å²) in [6, 6.07) is -1.12. The van der Waals surface area contributed by atoms with Crippen molar-refractivity contribution in [3.05, 3.63) is 0 Å². The topological polar surface area (TPSA) is 179 Å². The van der Waals surface area contributed by atoms with Crippen LogP contribution in [-0.2, 0) is 42.9 Å². The third-order valence-corrected chi connectivity index (χ3v) is 4.80. The SMILES string of the molecule is CC(C)C(=O)COCCOCCNC(=O)COCCOCCNC(=O)CC[C@H](NC(=O)C(C)C)C(=O)O. The molecule has 0 aromatic rings. The predicted octanol–water partition coefficient (Wildman–Crippen LogP) is -0.484. The molecule has 214 valence electrons.